The van der Waals surface area contributed by atoms with Crippen LogP contribution in [0, 0.1) is 17.3 Å². The van der Waals surface area contributed by atoms with Gasteiger partial charge in [0.2, 0.25) is 0 Å². The van der Waals surface area contributed by atoms with Gasteiger partial charge in [-0.1, -0.05) is 50.3 Å². The minimum absolute atomic E-state index is 0.0572. The zero-order valence-electron chi connectivity index (χ0n) is 18.4. The number of morpholine rings is 1. The van der Waals surface area contributed by atoms with E-state index in [-0.39, 0.29) is 5.91 Å². The van der Waals surface area contributed by atoms with Crippen LogP contribution in [0.2, 0.25) is 5.02 Å². The lowest BCUT2D eigenvalue weighted by molar-refractivity contribution is -0.150. The van der Waals surface area contributed by atoms with Gasteiger partial charge < -0.3 is 19.5 Å². The molecule has 1 saturated heterocycles. The van der Waals surface area contributed by atoms with E-state index in [9.17, 15) is 14.7 Å². The Bertz CT molecular complexity index is 1060. The quantitative estimate of drug-likeness (QED) is 0.703. The molecule has 1 aliphatic rings. The molecule has 7 heteroatoms. The third-order valence-corrected chi connectivity index (χ3v) is 5.18. The van der Waals surface area contributed by atoms with E-state index in [0.717, 1.165) is 0 Å². The zero-order chi connectivity index (χ0) is 23.3. The van der Waals surface area contributed by atoms with Crippen LogP contribution in [0.1, 0.15) is 42.3 Å². The van der Waals surface area contributed by atoms with E-state index in [2.05, 4.69) is 11.8 Å². The number of carbonyl (C=O) groups is 2. The van der Waals surface area contributed by atoms with Crippen LogP contribution in [0.3, 0.4) is 0 Å². The standard InChI is InChI=1S/C25H26ClNO5/c1-25(2,3)22(24(29)30)32-21-10-9-20(26)16-18(21)8-7-17-5-4-6-19(15-17)23(28)27-11-13-31-14-12-27/h4-6,9-10,15-16,22H,11-14H2,1-3H3,(H,29,30). The van der Waals surface area contributed by atoms with Crippen LogP contribution in [-0.4, -0.2) is 54.3 Å². The van der Waals surface area contributed by atoms with Crippen molar-refractivity contribution in [2.45, 2.75) is 26.9 Å². The predicted octanol–water partition coefficient (Wildman–Crippen LogP) is 4.09. The molecule has 1 N–H and O–H groups in total. The van der Waals surface area contributed by atoms with Gasteiger partial charge in [0, 0.05) is 34.7 Å². The monoisotopic (exact) mass is 455 g/mol. The number of ether oxygens (including phenoxy) is 2. The molecule has 1 heterocycles. The summed E-state index contributed by atoms with van der Waals surface area (Å²) >= 11 is 6.14. The number of carbonyl (C=O) groups excluding carboxylic acids is 1. The van der Waals surface area contributed by atoms with Crippen molar-refractivity contribution in [3.8, 4) is 17.6 Å². The van der Waals surface area contributed by atoms with E-state index in [4.69, 9.17) is 21.1 Å². The predicted molar refractivity (Wildman–Crippen MR) is 122 cm³/mol. The molecule has 1 fully saturated rings. The lowest BCUT2D eigenvalue weighted by Gasteiger charge is -2.28. The molecule has 6 nitrogen and oxygen atoms in total. The van der Waals surface area contributed by atoms with E-state index in [1.54, 1.807) is 62.1 Å². The Balaban J connectivity index is 1.87. The highest BCUT2D eigenvalue weighted by atomic mass is 35.5. The molecule has 1 amide bonds. The molecule has 0 bridgehead atoms. The fraction of sp³-hybridized carbons (Fsp3) is 0.360. The third kappa shape index (κ3) is 6.03. The van der Waals surface area contributed by atoms with Crippen LogP contribution in [0.25, 0.3) is 0 Å². The molecular formula is C25H26ClNO5. The molecule has 1 unspecified atom stereocenters. The van der Waals surface area contributed by atoms with Crippen molar-refractivity contribution in [2.24, 2.45) is 5.41 Å². The number of aliphatic carboxylic acids is 1. The topological polar surface area (TPSA) is 76.1 Å². The summed E-state index contributed by atoms with van der Waals surface area (Å²) < 4.78 is 11.1. The highest BCUT2D eigenvalue weighted by molar-refractivity contribution is 6.30. The van der Waals surface area contributed by atoms with Crippen LogP contribution in [0.5, 0.6) is 5.75 Å². The van der Waals surface area contributed by atoms with Gasteiger partial charge >= 0.3 is 5.97 Å². The number of nitrogens with zero attached hydrogens (tertiary/aromatic N) is 1. The number of hydrogen-bond donors (Lipinski definition) is 1. The van der Waals surface area contributed by atoms with Crippen LogP contribution < -0.4 is 4.74 Å². The maximum Gasteiger partial charge on any atom is 0.345 e. The van der Waals surface area contributed by atoms with Gasteiger partial charge in [-0.25, -0.2) is 4.79 Å². The van der Waals surface area contributed by atoms with Gasteiger partial charge in [0.05, 0.1) is 18.8 Å². The van der Waals surface area contributed by atoms with E-state index in [0.29, 0.717) is 53.8 Å². The average Bonchev–Trinajstić information content (AvgIpc) is 2.76. The summed E-state index contributed by atoms with van der Waals surface area (Å²) in [7, 11) is 0. The SMILES string of the molecule is CC(C)(C)C(Oc1ccc(Cl)cc1C#Cc1cccc(C(=O)N2CCOCC2)c1)C(=O)O. The molecule has 0 spiro atoms. The summed E-state index contributed by atoms with van der Waals surface area (Å²) in [5.41, 5.74) is 1.06. The molecule has 168 valence electrons. The molecule has 32 heavy (non-hydrogen) atoms. The molecule has 0 aromatic heterocycles. The van der Waals surface area contributed by atoms with Crippen molar-refractivity contribution in [1.82, 2.24) is 4.90 Å². The number of halogens is 1. The second-order valence-electron chi connectivity index (χ2n) is 8.58. The Kier molecular flexibility index (Phi) is 7.44. The van der Waals surface area contributed by atoms with Crippen molar-refractivity contribution in [2.75, 3.05) is 26.3 Å². The summed E-state index contributed by atoms with van der Waals surface area (Å²) in [5, 5.41) is 10.0. The summed E-state index contributed by atoms with van der Waals surface area (Å²) in [6, 6.07) is 12.0. The van der Waals surface area contributed by atoms with Crippen molar-refractivity contribution in [3.05, 3.63) is 64.2 Å². The number of rotatable bonds is 4. The lowest BCUT2D eigenvalue weighted by Crippen LogP contribution is -2.40. The molecule has 2 aromatic rings. The van der Waals surface area contributed by atoms with Crippen LogP contribution in [0.4, 0.5) is 0 Å². The molecule has 0 aliphatic carbocycles. The van der Waals surface area contributed by atoms with Crippen molar-refractivity contribution >= 4 is 23.5 Å². The maximum absolute atomic E-state index is 12.7. The molecule has 1 aliphatic heterocycles. The number of carboxylic acids is 1. The highest BCUT2D eigenvalue weighted by Gasteiger charge is 2.33. The van der Waals surface area contributed by atoms with Crippen LogP contribution in [-0.2, 0) is 9.53 Å². The second-order valence-corrected chi connectivity index (χ2v) is 9.01. The summed E-state index contributed by atoms with van der Waals surface area (Å²) in [5.74, 6) is 5.28. The first-order valence-corrected chi connectivity index (χ1v) is 10.7. The largest absolute Gasteiger partial charge is 0.478 e. The number of carboxylic acid groups (broad SMARTS) is 1. The molecule has 1 atom stereocenters. The van der Waals surface area contributed by atoms with E-state index in [1.807, 2.05) is 6.07 Å². The van der Waals surface area contributed by atoms with Crippen molar-refractivity contribution in [3.63, 3.8) is 0 Å². The van der Waals surface area contributed by atoms with E-state index < -0.39 is 17.5 Å². The zero-order valence-corrected chi connectivity index (χ0v) is 19.1. The van der Waals surface area contributed by atoms with Gasteiger partial charge in [-0.3, -0.25) is 4.79 Å². The minimum Gasteiger partial charge on any atom is -0.478 e. The summed E-state index contributed by atoms with van der Waals surface area (Å²) in [4.78, 5) is 26.2. The molecular weight excluding hydrogens is 430 g/mol. The fourth-order valence-electron chi connectivity index (χ4n) is 3.25. The molecule has 0 saturated carbocycles. The first-order valence-electron chi connectivity index (χ1n) is 10.3. The van der Waals surface area contributed by atoms with Crippen molar-refractivity contribution in [1.29, 1.82) is 0 Å². The second kappa shape index (κ2) is 10.1. The van der Waals surface area contributed by atoms with Gasteiger partial charge in [0.25, 0.3) is 5.91 Å². The van der Waals surface area contributed by atoms with Crippen molar-refractivity contribution < 1.29 is 24.2 Å². The normalized spacial score (nSPS) is 14.8. The Morgan fingerprint density at radius 2 is 1.84 bits per heavy atom. The average molecular weight is 456 g/mol. The highest BCUT2D eigenvalue weighted by Crippen LogP contribution is 2.29. The fourth-order valence-corrected chi connectivity index (χ4v) is 3.42. The van der Waals surface area contributed by atoms with Gasteiger partial charge in [-0.05, 0) is 36.4 Å². The molecule has 2 aromatic carbocycles. The summed E-state index contributed by atoms with van der Waals surface area (Å²) in [6.07, 6.45) is -1.06. The van der Waals surface area contributed by atoms with E-state index >= 15 is 0 Å². The Hall–Kier alpha value is -3.01. The van der Waals surface area contributed by atoms with Gasteiger partial charge in [-0.15, -0.1) is 0 Å². The summed E-state index contributed by atoms with van der Waals surface area (Å²) in [6.45, 7) is 7.59. The van der Waals surface area contributed by atoms with E-state index in [1.165, 1.54) is 0 Å². The smallest absolute Gasteiger partial charge is 0.345 e. The maximum atomic E-state index is 12.7. The molecule has 3 rings (SSSR count). The number of amides is 1. The van der Waals surface area contributed by atoms with Gasteiger partial charge in [0.1, 0.15) is 5.75 Å². The van der Waals surface area contributed by atoms with Crippen LogP contribution in [0.15, 0.2) is 42.5 Å². The third-order valence-electron chi connectivity index (χ3n) is 4.95. The van der Waals surface area contributed by atoms with Gasteiger partial charge in [-0.2, -0.15) is 0 Å². The minimum atomic E-state index is -1.06. The first kappa shape index (κ1) is 23.6. The Morgan fingerprint density at radius 3 is 2.50 bits per heavy atom. The lowest BCUT2D eigenvalue weighted by atomic mass is 9.89. The number of benzene rings is 2. The molecule has 0 radical (unpaired) electrons. The first-order chi connectivity index (χ1) is 15.1. The van der Waals surface area contributed by atoms with Gasteiger partial charge in [0.15, 0.2) is 6.10 Å². The Morgan fingerprint density at radius 1 is 1.12 bits per heavy atom. The van der Waals surface area contributed by atoms with Crippen LogP contribution >= 0.6 is 11.6 Å². The number of hydrogen-bond acceptors (Lipinski definition) is 4. The Labute approximate surface area is 193 Å².